The number of nitrogens with one attached hydrogen (secondary N) is 2. The molecule has 0 aromatic carbocycles. The second kappa shape index (κ2) is 5.45. The molecule has 2 N–H and O–H groups in total. The molecule has 3 unspecified atom stereocenters. The highest BCUT2D eigenvalue weighted by Gasteiger charge is 2.41. The number of carbonyl (C=O) groups is 1. The van der Waals surface area contributed by atoms with Crippen molar-refractivity contribution in [3.63, 3.8) is 0 Å². The van der Waals surface area contributed by atoms with Crippen molar-refractivity contribution in [3.05, 3.63) is 20.8 Å². The van der Waals surface area contributed by atoms with E-state index < -0.39 is 5.60 Å². The lowest BCUT2D eigenvalue weighted by atomic mass is 10.2. The first kappa shape index (κ1) is 15.1. The number of hydrogen-bond acceptors (Lipinski definition) is 4. The van der Waals surface area contributed by atoms with Crippen LogP contribution in [0.15, 0.2) is 6.07 Å². The van der Waals surface area contributed by atoms with Gasteiger partial charge in [0.05, 0.1) is 4.34 Å². The molecule has 1 saturated carbocycles. The first-order chi connectivity index (χ1) is 9.82. The average molecular weight is 329 g/mol. The predicted molar refractivity (Wildman–Crippen MR) is 85.1 cm³/mol. The molecule has 4 nitrogen and oxygen atoms in total. The number of ether oxygens (including phenoxy) is 1. The Bertz CT molecular complexity index is 552. The molecular formula is C15H21ClN2O2S. The van der Waals surface area contributed by atoms with Gasteiger partial charge in [0.25, 0.3) is 0 Å². The summed E-state index contributed by atoms with van der Waals surface area (Å²) in [6.45, 7) is 5.61. The standard InChI is InChI=1S/C15H21ClN2O2S/c1-15(2,3)20-14(19)18-11-7-10(11)17-9-4-5-12-8(9)6-13(16)21-12/h6,9-11,17H,4-5,7H2,1-3H3,(H,18,19). The van der Waals surface area contributed by atoms with Crippen molar-refractivity contribution in [2.75, 3.05) is 0 Å². The van der Waals surface area contributed by atoms with Gasteiger partial charge in [-0.15, -0.1) is 11.3 Å². The molecule has 2 aliphatic rings. The normalized spacial score (nSPS) is 27.3. The highest BCUT2D eigenvalue weighted by atomic mass is 35.5. The van der Waals surface area contributed by atoms with Gasteiger partial charge in [-0.3, -0.25) is 0 Å². The van der Waals surface area contributed by atoms with Crippen molar-refractivity contribution < 1.29 is 9.53 Å². The minimum absolute atomic E-state index is 0.179. The van der Waals surface area contributed by atoms with Gasteiger partial charge < -0.3 is 15.4 Å². The Morgan fingerprint density at radius 3 is 2.90 bits per heavy atom. The fourth-order valence-corrected chi connectivity index (χ4v) is 4.12. The van der Waals surface area contributed by atoms with Gasteiger partial charge >= 0.3 is 6.09 Å². The molecule has 2 aliphatic carbocycles. The molecule has 0 bridgehead atoms. The zero-order valence-corrected chi connectivity index (χ0v) is 14.1. The van der Waals surface area contributed by atoms with Crippen LogP contribution in [0.25, 0.3) is 0 Å². The number of thiophene rings is 1. The van der Waals surface area contributed by atoms with E-state index in [1.54, 1.807) is 11.3 Å². The Hall–Kier alpha value is -0.780. The summed E-state index contributed by atoms with van der Waals surface area (Å²) in [5.41, 5.74) is 0.892. The average Bonchev–Trinajstić information content (AvgIpc) is 2.75. The first-order valence-electron chi connectivity index (χ1n) is 7.35. The fraction of sp³-hybridized carbons (Fsp3) is 0.667. The number of aryl methyl sites for hydroxylation is 1. The summed E-state index contributed by atoms with van der Waals surface area (Å²) in [5.74, 6) is 0. The molecule has 6 heteroatoms. The lowest BCUT2D eigenvalue weighted by molar-refractivity contribution is 0.0522. The van der Waals surface area contributed by atoms with Gasteiger partial charge in [0, 0.05) is 23.0 Å². The SMILES string of the molecule is CC(C)(C)OC(=O)NC1CC1NC1CCc2sc(Cl)cc21. The smallest absolute Gasteiger partial charge is 0.407 e. The summed E-state index contributed by atoms with van der Waals surface area (Å²) in [6.07, 6.45) is 2.85. The van der Waals surface area contributed by atoms with E-state index in [1.165, 1.54) is 10.4 Å². The molecule has 116 valence electrons. The topological polar surface area (TPSA) is 50.4 Å². The van der Waals surface area contributed by atoms with Crippen molar-refractivity contribution in [2.45, 2.75) is 63.8 Å². The number of fused-ring (bicyclic) bond motifs is 1. The largest absolute Gasteiger partial charge is 0.444 e. The number of halogens is 1. The van der Waals surface area contributed by atoms with E-state index in [2.05, 4.69) is 16.7 Å². The fourth-order valence-electron chi connectivity index (χ4n) is 2.76. The Morgan fingerprint density at radius 1 is 1.43 bits per heavy atom. The number of carbonyl (C=O) groups excluding carboxylic acids is 1. The molecular weight excluding hydrogens is 308 g/mol. The molecule has 1 aromatic heterocycles. The summed E-state index contributed by atoms with van der Waals surface area (Å²) in [4.78, 5) is 13.1. The maximum atomic E-state index is 11.7. The summed E-state index contributed by atoms with van der Waals surface area (Å²) in [5, 5.41) is 6.53. The quantitative estimate of drug-likeness (QED) is 0.890. The minimum atomic E-state index is -0.449. The monoisotopic (exact) mass is 328 g/mol. The van der Waals surface area contributed by atoms with Gasteiger partial charge in [-0.05, 0) is 51.7 Å². The van der Waals surface area contributed by atoms with Crippen LogP contribution in [0.4, 0.5) is 4.79 Å². The minimum Gasteiger partial charge on any atom is -0.444 e. The number of amides is 1. The maximum absolute atomic E-state index is 11.7. The van der Waals surface area contributed by atoms with Crippen LogP contribution in [-0.2, 0) is 11.2 Å². The van der Waals surface area contributed by atoms with E-state index in [1.807, 2.05) is 20.8 Å². The number of rotatable bonds is 3. The van der Waals surface area contributed by atoms with Crippen molar-refractivity contribution >= 4 is 29.0 Å². The molecule has 21 heavy (non-hydrogen) atoms. The maximum Gasteiger partial charge on any atom is 0.407 e. The van der Waals surface area contributed by atoms with Gasteiger partial charge in [0.15, 0.2) is 0 Å². The zero-order chi connectivity index (χ0) is 15.2. The molecule has 3 rings (SSSR count). The summed E-state index contributed by atoms with van der Waals surface area (Å²) < 4.78 is 6.14. The Labute approximate surface area is 134 Å². The number of hydrogen-bond donors (Lipinski definition) is 2. The Kier molecular flexibility index (Phi) is 3.93. The van der Waals surface area contributed by atoms with E-state index in [-0.39, 0.29) is 12.1 Å². The second-order valence-electron chi connectivity index (χ2n) is 6.78. The lowest BCUT2D eigenvalue weighted by Gasteiger charge is -2.20. The summed E-state index contributed by atoms with van der Waals surface area (Å²) in [6, 6.07) is 2.97. The highest BCUT2D eigenvalue weighted by molar-refractivity contribution is 7.16. The lowest BCUT2D eigenvalue weighted by Crippen LogP contribution is -2.37. The first-order valence-corrected chi connectivity index (χ1v) is 8.55. The van der Waals surface area contributed by atoms with Crippen molar-refractivity contribution in [2.24, 2.45) is 0 Å². The highest BCUT2D eigenvalue weighted by Crippen LogP contribution is 2.40. The zero-order valence-electron chi connectivity index (χ0n) is 12.5. The van der Waals surface area contributed by atoms with E-state index >= 15 is 0 Å². The Balaban J connectivity index is 1.48. The third-order valence-corrected chi connectivity index (χ3v) is 5.09. The third kappa shape index (κ3) is 3.71. The van der Waals surface area contributed by atoms with Gasteiger partial charge in [0.2, 0.25) is 0 Å². The molecule has 0 spiro atoms. The molecule has 1 amide bonds. The third-order valence-electron chi connectivity index (χ3n) is 3.75. The predicted octanol–water partition coefficient (Wildman–Crippen LogP) is 3.64. The van der Waals surface area contributed by atoms with Gasteiger partial charge in [-0.2, -0.15) is 0 Å². The molecule has 3 atom stereocenters. The van der Waals surface area contributed by atoms with Gasteiger partial charge in [0.1, 0.15) is 5.60 Å². The molecule has 1 fully saturated rings. The van der Waals surface area contributed by atoms with Crippen molar-refractivity contribution in [3.8, 4) is 0 Å². The van der Waals surface area contributed by atoms with Gasteiger partial charge in [-0.1, -0.05) is 11.6 Å². The van der Waals surface area contributed by atoms with Crippen LogP contribution in [0.2, 0.25) is 4.34 Å². The van der Waals surface area contributed by atoms with E-state index in [9.17, 15) is 4.79 Å². The van der Waals surface area contributed by atoms with Crippen molar-refractivity contribution in [1.82, 2.24) is 10.6 Å². The molecule has 0 aliphatic heterocycles. The number of alkyl carbamates (subject to hydrolysis) is 1. The van der Waals surface area contributed by atoms with Crippen LogP contribution in [0.5, 0.6) is 0 Å². The van der Waals surface area contributed by atoms with Crippen LogP contribution in [0.3, 0.4) is 0 Å². The van der Waals surface area contributed by atoms with Crippen LogP contribution < -0.4 is 10.6 Å². The Morgan fingerprint density at radius 2 is 2.19 bits per heavy atom. The van der Waals surface area contributed by atoms with Crippen LogP contribution in [-0.4, -0.2) is 23.8 Å². The summed E-state index contributed by atoms with van der Waals surface area (Å²) >= 11 is 7.75. The summed E-state index contributed by atoms with van der Waals surface area (Å²) in [7, 11) is 0. The molecule has 0 radical (unpaired) electrons. The molecule has 1 heterocycles. The van der Waals surface area contributed by atoms with E-state index in [0.29, 0.717) is 12.1 Å². The van der Waals surface area contributed by atoms with E-state index in [4.69, 9.17) is 16.3 Å². The molecule has 1 aromatic rings. The van der Waals surface area contributed by atoms with Crippen LogP contribution in [0.1, 0.15) is 50.1 Å². The molecule has 0 saturated heterocycles. The van der Waals surface area contributed by atoms with Crippen molar-refractivity contribution in [1.29, 1.82) is 0 Å². The van der Waals surface area contributed by atoms with Crippen LogP contribution in [0, 0.1) is 0 Å². The van der Waals surface area contributed by atoms with Gasteiger partial charge in [-0.25, -0.2) is 4.79 Å². The van der Waals surface area contributed by atoms with E-state index in [0.717, 1.165) is 23.6 Å². The van der Waals surface area contributed by atoms with Crippen LogP contribution >= 0.6 is 22.9 Å². The second-order valence-corrected chi connectivity index (χ2v) is 8.55.